The van der Waals surface area contributed by atoms with Crippen molar-refractivity contribution in [2.75, 3.05) is 13.2 Å². The van der Waals surface area contributed by atoms with Crippen molar-refractivity contribution in [2.45, 2.75) is 51.5 Å². The quantitative estimate of drug-likeness (QED) is 0.237. The molecule has 2 aromatic heterocycles. The zero-order valence-corrected chi connectivity index (χ0v) is 23.7. The fourth-order valence-electron chi connectivity index (χ4n) is 4.35. The van der Waals surface area contributed by atoms with E-state index in [1.807, 2.05) is 16.8 Å². The van der Waals surface area contributed by atoms with Crippen LogP contribution in [0, 0.1) is 0 Å². The number of aromatic nitrogens is 3. The summed E-state index contributed by atoms with van der Waals surface area (Å²) in [6.07, 6.45) is 5.07. The number of carbonyl (C=O) groups excluding carboxylic acids is 2. The van der Waals surface area contributed by atoms with Gasteiger partial charge in [0, 0.05) is 30.3 Å². The number of carbonyl (C=O) groups is 2. The molecule has 214 valence electrons. The molecule has 4 rings (SSSR count). The van der Waals surface area contributed by atoms with Crippen molar-refractivity contribution in [3.63, 3.8) is 0 Å². The number of pyridine rings is 1. The fraction of sp³-hybridized carbons (Fsp3) is 0.312. The van der Waals surface area contributed by atoms with Gasteiger partial charge in [0.05, 0.1) is 17.4 Å². The lowest BCUT2D eigenvalue weighted by Crippen LogP contribution is -2.45. The first-order valence-corrected chi connectivity index (χ1v) is 13.7. The number of hydrogen-bond acceptors (Lipinski definition) is 7. The molecule has 9 heteroatoms. The second-order valence-corrected chi connectivity index (χ2v) is 11.0. The van der Waals surface area contributed by atoms with Gasteiger partial charge in [-0.3, -0.25) is 19.9 Å². The predicted molar refractivity (Wildman–Crippen MR) is 158 cm³/mol. The number of benzene rings is 2. The number of ether oxygens (including phenoxy) is 1. The molecule has 0 bridgehead atoms. The highest BCUT2D eigenvalue weighted by Crippen LogP contribution is 2.26. The van der Waals surface area contributed by atoms with Crippen LogP contribution in [0.1, 0.15) is 44.0 Å². The van der Waals surface area contributed by atoms with Crippen LogP contribution in [-0.2, 0) is 32.6 Å². The van der Waals surface area contributed by atoms with Gasteiger partial charge in [-0.15, -0.1) is 0 Å². The number of hydrogen-bond donors (Lipinski definition) is 3. The zero-order valence-electron chi connectivity index (χ0n) is 23.7. The number of nitrogens with one attached hydrogen (secondary N) is 1. The molecule has 0 spiro atoms. The van der Waals surface area contributed by atoms with Gasteiger partial charge in [-0.2, -0.15) is 5.10 Å². The predicted octanol–water partition coefficient (Wildman–Crippen LogP) is 4.10. The average molecular weight is 556 g/mol. The van der Waals surface area contributed by atoms with E-state index < -0.39 is 17.9 Å². The molecule has 9 nitrogen and oxygen atoms in total. The Kier molecular flexibility index (Phi) is 9.65. The molecule has 0 saturated carbocycles. The second kappa shape index (κ2) is 13.3. The standard InChI is InChI=1S/C32H37N5O4/c1-32(2,3)24-8-10-25(11-9-24)37-26(20-29(36-37)23-14-16-34-17-15-23)5-4-18-41-21-30(39)35-31(40)28(33)19-22-6-12-27(38)13-7-22/h6-17,20,28,38H,4-5,18-19,21,33H2,1-3H3,(H,35,39,40). The molecule has 0 aliphatic carbocycles. The Labute approximate surface area is 240 Å². The molecule has 2 heterocycles. The number of rotatable bonds is 11. The molecule has 41 heavy (non-hydrogen) atoms. The minimum absolute atomic E-state index is 0.0553. The highest BCUT2D eigenvalue weighted by molar-refractivity contribution is 5.98. The van der Waals surface area contributed by atoms with Crippen LogP contribution >= 0.6 is 0 Å². The topological polar surface area (TPSA) is 132 Å². The van der Waals surface area contributed by atoms with E-state index in [1.165, 1.54) is 17.7 Å². The minimum atomic E-state index is -0.893. The van der Waals surface area contributed by atoms with Crippen LogP contribution in [0.4, 0.5) is 0 Å². The number of nitrogens with two attached hydrogens (primary N) is 1. The van der Waals surface area contributed by atoms with E-state index in [0.717, 1.165) is 28.2 Å². The largest absolute Gasteiger partial charge is 0.508 e. The van der Waals surface area contributed by atoms with Gasteiger partial charge >= 0.3 is 0 Å². The maximum Gasteiger partial charge on any atom is 0.252 e. The van der Waals surface area contributed by atoms with E-state index in [1.54, 1.807) is 24.5 Å². The van der Waals surface area contributed by atoms with Gasteiger partial charge in [-0.25, -0.2) is 4.68 Å². The molecule has 4 aromatic rings. The molecule has 2 aromatic carbocycles. The van der Waals surface area contributed by atoms with Crippen molar-refractivity contribution in [1.29, 1.82) is 0 Å². The zero-order chi connectivity index (χ0) is 29.4. The normalized spacial score (nSPS) is 12.2. The minimum Gasteiger partial charge on any atom is -0.508 e. The van der Waals surface area contributed by atoms with Crippen molar-refractivity contribution >= 4 is 11.8 Å². The molecule has 1 unspecified atom stereocenters. The third-order valence-electron chi connectivity index (χ3n) is 6.68. The summed E-state index contributed by atoms with van der Waals surface area (Å²) in [5.74, 6) is -0.982. The van der Waals surface area contributed by atoms with Gasteiger partial charge < -0.3 is 15.6 Å². The molecule has 0 fully saturated rings. The summed E-state index contributed by atoms with van der Waals surface area (Å²) < 4.78 is 7.50. The van der Waals surface area contributed by atoms with Gasteiger partial charge in [0.2, 0.25) is 5.91 Å². The van der Waals surface area contributed by atoms with Crippen LogP contribution in [0.5, 0.6) is 5.75 Å². The first-order valence-electron chi connectivity index (χ1n) is 13.7. The van der Waals surface area contributed by atoms with Crippen LogP contribution in [0.25, 0.3) is 16.9 Å². The fourth-order valence-corrected chi connectivity index (χ4v) is 4.35. The Hall–Kier alpha value is -4.34. The molecule has 2 amide bonds. The number of nitrogens with zero attached hydrogens (tertiary/aromatic N) is 3. The van der Waals surface area contributed by atoms with E-state index in [0.29, 0.717) is 19.4 Å². The molecular formula is C32H37N5O4. The van der Waals surface area contributed by atoms with Crippen molar-refractivity contribution in [3.8, 4) is 22.7 Å². The summed E-state index contributed by atoms with van der Waals surface area (Å²) in [4.78, 5) is 28.6. The van der Waals surface area contributed by atoms with Gasteiger partial charge in [-0.05, 0) is 78.3 Å². The van der Waals surface area contributed by atoms with E-state index in [-0.39, 0.29) is 24.2 Å². The Morgan fingerprint density at radius 2 is 1.71 bits per heavy atom. The van der Waals surface area contributed by atoms with E-state index in [4.69, 9.17) is 15.6 Å². The number of phenolic OH excluding ortho intramolecular Hbond substituents is 1. The van der Waals surface area contributed by atoms with Gasteiger partial charge in [0.25, 0.3) is 5.91 Å². The maximum absolute atomic E-state index is 12.3. The third kappa shape index (κ3) is 8.33. The molecule has 0 aliphatic heterocycles. The number of amides is 2. The molecule has 4 N–H and O–H groups in total. The molecule has 0 saturated heterocycles. The van der Waals surface area contributed by atoms with E-state index in [9.17, 15) is 14.7 Å². The van der Waals surface area contributed by atoms with Crippen molar-refractivity contribution < 1.29 is 19.4 Å². The van der Waals surface area contributed by atoms with Gasteiger partial charge in [-0.1, -0.05) is 45.0 Å². The summed E-state index contributed by atoms with van der Waals surface area (Å²) in [5.41, 5.74) is 11.8. The van der Waals surface area contributed by atoms with Gasteiger partial charge in [0.15, 0.2) is 0 Å². The first kappa shape index (κ1) is 29.6. The maximum atomic E-state index is 12.3. The number of phenols is 1. The first-order chi connectivity index (χ1) is 19.6. The summed E-state index contributed by atoms with van der Waals surface area (Å²) in [6, 6.07) is 19.9. The Balaban J connectivity index is 1.31. The second-order valence-electron chi connectivity index (χ2n) is 11.0. The third-order valence-corrected chi connectivity index (χ3v) is 6.68. The van der Waals surface area contributed by atoms with Gasteiger partial charge in [0.1, 0.15) is 12.4 Å². The summed E-state index contributed by atoms with van der Waals surface area (Å²) in [5, 5.41) is 16.5. The summed E-state index contributed by atoms with van der Waals surface area (Å²) in [6.45, 7) is 6.65. The average Bonchev–Trinajstić information content (AvgIpc) is 3.38. The number of aromatic hydroxyl groups is 1. The van der Waals surface area contributed by atoms with E-state index in [2.05, 4.69) is 61.4 Å². The number of imide groups is 1. The summed E-state index contributed by atoms with van der Waals surface area (Å²) >= 11 is 0. The lowest BCUT2D eigenvalue weighted by Gasteiger charge is -2.19. The molecular weight excluding hydrogens is 518 g/mol. The lowest BCUT2D eigenvalue weighted by molar-refractivity contribution is -0.133. The van der Waals surface area contributed by atoms with Crippen molar-refractivity contribution in [2.24, 2.45) is 5.73 Å². The lowest BCUT2D eigenvalue weighted by atomic mass is 9.87. The molecule has 0 radical (unpaired) electrons. The highest BCUT2D eigenvalue weighted by Gasteiger charge is 2.18. The van der Waals surface area contributed by atoms with Crippen LogP contribution in [-0.4, -0.2) is 50.9 Å². The highest BCUT2D eigenvalue weighted by atomic mass is 16.5. The smallest absolute Gasteiger partial charge is 0.252 e. The SMILES string of the molecule is CC(C)(C)c1ccc(-n2nc(-c3ccncc3)cc2CCCOCC(=O)NC(=O)C(N)Cc2ccc(O)cc2)cc1. The van der Waals surface area contributed by atoms with Crippen molar-refractivity contribution in [1.82, 2.24) is 20.1 Å². The summed E-state index contributed by atoms with van der Waals surface area (Å²) in [7, 11) is 0. The number of aryl methyl sites for hydroxylation is 1. The van der Waals surface area contributed by atoms with Crippen LogP contribution in [0.2, 0.25) is 0 Å². The van der Waals surface area contributed by atoms with E-state index >= 15 is 0 Å². The van der Waals surface area contributed by atoms with Crippen molar-refractivity contribution in [3.05, 3.63) is 95.9 Å². The molecule has 1 atom stereocenters. The van der Waals surface area contributed by atoms with Crippen LogP contribution in [0.15, 0.2) is 79.1 Å². The van der Waals surface area contributed by atoms with Crippen LogP contribution < -0.4 is 11.1 Å². The Morgan fingerprint density at radius 1 is 1.02 bits per heavy atom. The van der Waals surface area contributed by atoms with Crippen LogP contribution in [0.3, 0.4) is 0 Å². The monoisotopic (exact) mass is 555 g/mol. The Bertz CT molecular complexity index is 1440. The molecule has 0 aliphatic rings. The Morgan fingerprint density at radius 3 is 2.37 bits per heavy atom.